The van der Waals surface area contributed by atoms with Crippen LogP contribution in [-0.4, -0.2) is 19.0 Å². The Morgan fingerprint density at radius 1 is 1.26 bits per heavy atom. The topological polar surface area (TPSA) is 26.3 Å². The molecule has 0 amide bonds. The third-order valence-corrected chi connectivity index (χ3v) is 4.31. The third kappa shape index (κ3) is 2.89. The summed E-state index contributed by atoms with van der Waals surface area (Å²) in [5.41, 5.74) is 0.861. The van der Waals surface area contributed by atoms with Gasteiger partial charge in [-0.3, -0.25) is 4.79 Å². The molecule has 0 radical (unpaired) electrons. The zero-order valence-corrected chi connectivity index (χ0v) is 12.0. The van der Waals surface area contributed by atoms with Gasteiger partial charge in [-0.2, -0.15) is 0 Å². The summed E-state index contributed by atoms with van der Waals surface area (Å²) in [4.78, 5) is 13.0. The number of benzene rings is 1. The highest BCUT2D eigenvalue weighted by Crippen LogP contribution is 2.38. The molecular weight excluding hydrogens is 236 g/mol. The zero-order chi connectivity index (χ0) is 13.7. The van der Waals surface area contributed by atoms with Crippen LogP contribution in [0.3, 0.4) is 0 Å². The standard InChI is InChI=1S/C17H24O2/c1-3-7-14(2)16(18)17(10-12-19-13-11-17)15-8-5-4-6-9-15/h4-6,8-9,14H,3,7,10-13H2,1-2H3. The molecular formula is C17H24O2. The molecule has 1 heterocycles. The SMILES string of the molecule is CCCC(C)C(=O)C1(c2ccccc2)CCOCC1. The van der Waals surface area contributed by atoms with Crippen LogP contribution in [0.1, 0.15) is 45.1 Å². The van der Waals surface area contributed by atoms with E-state index in [1.54, 1.807) is 0 Å². The van der Waals surface area contributed by atoms with Crippen molar-refractivity contribution in [1.29, 1.82) is 0 Å². The van der Waals surface area contributed by atoms with Crippen molar-refractivity contribution in [3.05, 3.63) is 35.9 Å². The second-order valence-electron chi connectivity index (χ2n) is 5.61. The van der Waals surface area contributed by atoms with Crippen LogP contribution in [0, 0.1) is 5.92 Å². The smallest absolute Gasteiger partial charge is 0.146 e. The van der Waals surface area contributed by atoms with Crippen LogP contribution in [0.4, 0.5) is 0 Å². The van der Waals surface area contributed by atoms with E-state index >= 15 is 0 Å². The summed E-state index contributed by atoms with van der Waals surface area (Å²) in [7, 11) is 0. The fraction of sp³-hybridized carbons (Fsp3) is 0.588. The summed E-state index contributed by atoms with van der Waals surface area (Å²) in [5.74, 6) is 0.548. The Hall–Kier alpha value is -1.15. The average molecular weight is 260 g/mol. The summed E-state index contributed by atoms with van der Waals surface area (Å²) >= 11 is 0. The number of Topliss-reactive ketones (excluding diaryl/α,β-unsaturated/α-hetero) is 1. The van der Waals surface area contributed by atoms with Crippen molar-refractivity contribution in [1.82, 2.24) is 0 Å². The molecule has 1 aromatic rings. The highest BCUT2D eigenvalue weighted by Gasteiger charge is 2.42. The van der Waals surface area contributed by atoms with Crippen molar-refractivity contribution < 1.29 is 9.53 Å². The number of rotatable bonds is 5. The lowest BCUT2D eigenvalue weighted by Gasteiger charge is -2.38. The molecule has 1 atom stereocenters. The molecule has 104 valence electrons. The summed E-state index contributed by atoms with van der Waals surface area (Å²) in [6.07, 6.45) is 3.69. The minimum absolute atomic E-state index is 0.142. The van der Waals surface area contributed by atoms with E-state index < -0.39 is 0 Å². The maximum atomic E-state index is 13.0. The molecule has 1 saturated heterocycles. The monoisotopic (exact) mass is 260 g/mol. The molecule has 1 fully saturated rings. The van der Waals surface area contributed by atoms with Crippen molar-refractivity contribution in [3.63, 3.8) is 0 Å². The zero-order valence-electron chi connectivity index (χ0n) is 12.0. The van der Waals surface area contributed by atoms with Gasteiger partial charge in [0.1, 0.15) is 5.78 Å². The molecule has 0 spiro atoms. The van der Waals surface area contributed by atoms with E-state index in [-0.39, 0.29) is 11.3 Å². The quantitative estimate of drug-likeness (QED) is 0.806. The fourth-order valence-electron chi connectivity index (χ4n) is 3.19. The molecule has 1 unspecified atom stereocenters. The Morgan fingerprint density at radius 3 is 2.47 bits per heavy atom. The highest BCUT2D eigenvalue weighted by molar-refractivity contribution is 5.92. The lowest BCUT2D eigenvalue weighted by atomic mass is 9.67. The first-order valence-corrected chi connectivity index (χ1v) is 7.38. The van der Waals surface area contributed by atoms with Crippen LogP contribution in [0.5, 0.6) is 0 Å². The predicted octanol–water partition coefficient (Wildman–Crippen LogP) is 3.74. The van der Waals surface area contributed by atoms with Gasteiger partial charge in [-0.25, -0.2) is 0 Å². The van der Waals surface area contributed by atoms with Gasteiger partial charge < -0.3 is 4.74 Å². The first-order chi connectivity index (χ1) is 9.20. The second kappa shape index (κ2) is 6.33. The van der Waals surface area contributed by atoms with E-state index in [1.807, 2.05) is 18.2 Å². The number of ether oxygens (including phenoxy) is 1. The number of carbonyl (C=O) groups is 1. The Morgan fingerprint density at radius 2 is 1.89 bits per heavy atom. The van der Waals surface area contributed by atoms with Crippen LogP contribution in [0.25, 0.3) is 0 Å². The van der Waals surface area contributed by atoms with Crippen LogP contribution >= 0.6 is 0 Å². The van der Waals surface area contributed by atoms with Gasteiger partial charge >= 0.3 is 0 Å². The van der Waals surface area contributed by atoms with E-state index in [0.29, 0.717) is 19.0 Å². The summed E-state index contributed by atoms with van der Waals surface area (Å²) in [5, 5.41) is 0. The number of carbonyl (C=O) groups excluding carboxylic acids is 1. The average Bonchev–Trinajstić information content (AvgIpc) is 2.48. The van der Waals surface area contributed by atoms with Crippen LogP contribution in [-0.2, 0) is 14.9 Å². The number of hydrogen-bond acceptors (Lipinski definition) is 2. The number of hydrogen-bond donors (Lipinski definition) is 0. The van der Waals surface area contributed by atoms with Gasteiger partial charge in [0.25, 0.3) is 0 Å². The lowest BCUT2D eigenvalue weighted by Crippen LogP contribution is -2.44. The summed E-state index contributed by atoms with van der Waals surface area (Å²) in [6, 6.07) is 10.3. The van der Waals surface area contributed by atoms with Crippen LogP contribution in [0.2, 0.25) is 0 Å². The molecule has 1 aliphatic heterocycles. The minimum Gasteiger partial charge on any atom is -0.381 e. The molecule has 19 heavy (non-hydrogen) atoms. The van der Waals surface area contributed by atoms with Gasteiger partial charge in [-0.05, 0) is 24.8 Å². The molecule has 2 nitrogen and oxygen atoms in total. The molecule has 1 aliphatic rings. The predicted molar refractivity (Wildman–Crippen MR) is 77.3 cm³/mol. The van der Waals surface area contributed by atoms with Gasteiger partial charge in [0.2, 0.25) is 0 Å². The van der Waals surface area contributed by atoms with E-state index in [4.69, 9.17) is 4.74 Å². The van der Waals surface area contributed by atoms with Crippen LogP contribution in [0.15, 0.2) is 30.3 Å². The van der Waals surface area contributed by atoms with Gasteiger partial charge in [0.05, 0.1) is 5.41 Å². The molecule has 0 aliphatic carbocycles. The van der Waals surface area contributed by atoms with Gasteiger partial charge in [0, 0.05) is 19.1 Å². The van der Waals surface area contributed by atoms with E-state index in [0.717, 1.165) is 25.7 Å². The maximum absolute atomic E-state index is 13.0. The first-order valence-electron chi connectivity index (χ1n) is 7.38. The lowest BCUT2D eigenvalue weighted by molar-refractivity contribution is -0.132. The molecule has 1 aromatic carbocycles. The molecule has 0 N–H and O–H groups in total. The highest BCUT2D eigenvalue weighted by atomic mass is 16.5. The normalized spacial score (nSPS) is 19.9. The molecule has 0 saturated carbocycles. The second-order valence-corrected chi connectivity index (χ2v) is 5.61. The van der Waals surface area contributed by atoms with Gasteiger partial charge in [-0.15, -0.1) is 0 Å². The molecule has 2 heteroatoms. The maximum Gasteiger partial charge on any atom is 0.146 e. The number of ketones is 1. The van der Waals surface area contributed by atoms with Crippen molar-refractivity contribution in [2.75, 3.05) is 13.2 Å². The van der Waals surface area contributed by atoms with Crippen molar-refractivity contribution >= 4 is 5.78 Å². The third-order valence-electron chi connectivity index (χ3n) is 4.31. The Labute approximate surface area is 116 Å². The van der Waals surface area contributed by atoms with E-state index in [1.165, 1.54) is 5.56 Å². The Kier molecular flexibility index (Phi) is 4.76. The van der Waals surface area contributed by atoms with Gasteiger partial charge in [0.15, 0.2) is 0 Å². The van der Waals surface area contributed by atoms with Crippen LogP contribution < -0.4 is 0 Å². The Bertz CT molecular complexity index is 405. The Balaban J connectivity index is 2.32. The summed E-state index contributed by atoms with van der Waals surface area (Å²) < 4.78 is 5.48. The summed E-state index contributed by atoms with van der Waals surface area (Å²) in [6.45, 7) is 5.61. The minimum atomic E-state index is -0.311. The van der Waals surface area contributed by atoms with Crippen molar-refractivity contribution in [3.8, 4) is 0 Å². The van der Waals surface area contributed by atoms with E-state index in [9.17, 15) is 4.79 Å². The largest absolute Gasteiger partial charge is 0.381 e. The van der Waals surface area contributed by atoms with Gasteiger partial charge in [-0.1, -0.05) is 50.6 Å². The van der Waals surface area contributed by atoms with Crippen molar-refractivity contribution in [2.45, 2.75) is 44.9 Å². The first kappa shape index (κ1) is 14.3. The van der Waals surface area contributed by atoms with Crippen molar-refractivity contribution in [2.24, 2.45) is 5.92 Å². The molecule has 2 rings (SSSR count). The molecule has 0 bridgehead atoms. The fourth-order valence-corrected chi connectivity index (χ4v) is 3.19. The van der Waals surface area contributed by atoms with E-state index in [2.05, 4.69) is 26.0 Å². The molecule has 0 aromatic heterocycles.